The minimum Gasteiger partial charge on any atom is -0.369 e. The molecule has 2 aliphatic carbocycles. The van der Waals surface area contributed by atoms with Crippen molar-refractivity contribution in [3.8, 4) is 0 Å². The first-order valence-electron chi connectivity index (χ1n) is 13.8. The highest BCUT2D eigenvalue weighted by molar-refractivity contribution is 5.97. The van der Waals surface area contributed by atoms with Gasteiger partial charge < -0.3 is 15.1 Å². The predicted octanol–water partition coefficient (Wildman–Crippen LogP) is 5.25. The van der Waals surface area contributed by atoms with Crippen molar-refractivity contribution in [3.63, 3.8) is 0 Å². The largest absolute Gasteiger partial charge is 0.369 e. The van der Waals surface area contributed by atoms with E-state index < -0.39 is 0 Å². The molecule has 0 saturated carbocycles. The number of carbonyl (C=O) groups is 2. The van der Waals surface area contributed by atoms with Gasteiger partial charge in [0, 0.05) is 43.5 Å². The molecule has 3 aromatic rings. The summed E-state index contributed by atoms with van der Waals surface area (Å²) in [5.41, 5.74) is 6.59. The highest BCUT2D eigenvalue weighted by atomic mass is 19.1. The summed E-state index contributed by atoms with van der Waals surface area (Å²) in [7, 11) is 1.86. The monoisotopic (exact) mass is 524 g/mol. The normalized spacial score (nSPS) is 18.4. The molecule has 1 unspecified atom stereocenters. The molecule has 1 aliphatic heterocycles. The number of aryl methyl sites for hydroxylation is 1. The molecule has 0 spiro atoms. The number of nitrogens with one attached hydrogen (secondary N) is 1. The number of pyridine rings is 1. The summed E-state index contributed by atoms with van der Waals surface area (Å²) in [5.74, 6) is -0.397. The van der Waals surface area contributed by atoms with Crippen LogP contribution in [0.2, 0.25) is 0 Å². The van der Waals surface area contributed by atoms with Gasteiger partial charge in [-0.25, -0.2) is 4.39 Å². The Morgan fingerprint density at radius 3 is 2.67 bits per heavy atom. The second-order valence-electron chi connectivity index (χ2n) is 10.8. The third-order valence-electron chi connectivity index (χ3n) is 8.37. The highest BCUT2D eigenvalue weighted by Gasteiger charge is 2.30. The van der Waals surface area contributed by atoms with Crippen molar-refractivity contribution in [3.05, 3.63) is 106 Å². The van der Waals surface area contributed by atoms with Gasteiger partial charge in [0.25, 0.3) is 11.8 Å². The Bertz CT molecular complexity index is 1440. The molecule has 2 aromatic carbocycles. The summed E-state index contributed by atoms with van der Waals surface area (Å²) < 4.78 is 14.2. The zero-order valence-corrected chi connectivity index (χ0v) is 22.2. The molecule has 39 heavy (non-hydrogen) atoms. The van der Waals surface area contributed by atoms with Crippen molar-refractivity contribution in [2.75, 3.05) is 25.0 Å². The van der Waals surface area contributed by atoms with Gasteiger partial charge in [0.05, 0.1) is 17.9 Å². The van der Waals surface area contributed by atoms with Crippen LogP contribution in [0.15, 0.2) is 72.6 Å². The molecule has 200 valence electrons. The quantitative estimate of drug-likeness (QED) is 0.429. The molecule has 2 heterocycles. The van der Waals surface area contributed by atoms with Crippen LogP contribution in [0.5, 0.6) is 0 Å². The number of anilines is 1. The maximum Gasteiger partial charge on any atom is 0.253 e. The number of piperidine rings is 1. The molecule has 6 nitrogen and oxygen atoms in total. The number of nitrogens with zero attached hydrogens (tertiary/aromatic N) is 3. The number of amides is 2. The number of halogens is 1. The van der Waals surface area contributed by atoms with Crippen LogP contribution < -0.4 is 10.2 Å². The highest BCUT2D eigenvalue weighted by Crippen LogP contribution is 2.33. The SMILES string of the molecule is CN(C(=O)c1ccc2c(c1)C(NC(=O)c1ccccc1CC1=CC1)CC2)C1CCN(c2ccncc2F)CC1. The zero-order valence-electron chi connectivity index (χ0n) is 22.2. The molecule has 2 amide bonds. The van der Waals surface area contributed by atoms with Crippen molar-refractivity contribution in [1.82, 2.24) is 15.2 Å². The van der Waals surface area contributed by atoms with E-state index in [1.165, 1.54) is 17.3 Å². The number of rotatable bonds is 7. The van der Waals surface area contributed by atoms with Crippen LogP contribution in [-0.4, -0.2) is 47.9 Å². The number of hydrogen-bond donors (Lipinski definition) is 1. The fraction of sp³-hybridized carbons (Fsp3) is 0.344. The van der Waals surface area contributed by atoms with Gasteiger partial charge in [-0.1, -0.05) is 35.9 Å². The number of allylic oxidation sites excluding steroid dienone is 2. The van der Waals surface area contributed by atoms with E-state index in [0.717, 1.165) is 55.2 Å². The van der Waals surface area contributed by atoms with Crippen molar-refractivity contribution in [1.29, 1.82) is 0 Å². The average molecular weight is 525 g/mol. The Hall–Kier alpha value is -4.00. The van der Waals surface area contributed by atoms with Crippen molar-refractivity contribution >= 4 is 17.5 Å². The minimum atomic E-state index is -0.316. The second-order valence-corrected chi connectivity index (χ2v) is 10.8. The number of fused-ring (bicyclic) bond motifs is 1. The summed E-state index contributed by atoms with van der Waals surface area (Å²) in [6.07, 6.45) is 10.1. The number of benzene rings is 2. The van der Waals surface area contributed by atoms with Crippen LogP contribution in [0.25, 0.3) is 0 Å². The Morgan fingerprint density at radius 2 is 1.90 bits per heavy atom. The smallest absolute Gasteiger partial charge is 0.253 e. The lowest BCUT2D eigenvalue weighted by atomic mass is 9.99. The Morgan fingerprint density at radius 1 is 1.10 bits per heavy atom. The lowest BCUT2D eigenvalue weighted by Gasteiger charge is -2.38. The maximum atomic E-state index is 14.2. The van der Waals surface area contributed by atoms with Crippen LogP contribution in [-0.2, 0) is 12.8 Å². The van der Waals surface area contributed by atoms with Gasteiger partial charge in [0.2, 0.25) is 0 Å². The van der Waals surface area contributed by atoms with Crippen LogP contribution in [0.3, 0.4) is 0 Å². The topological polar surface area (TPSA) is 65.5 Å². The fourth-order valence-corrected chi connectivity index (χ4v) is 5.97. The summed E-state index contributed by atoms with van der Waals surface area (Å²) >= 11 is 0. The van der Waals surface area contributed by atoms with E-state index in [9.17, 15) is 14.0 Å². The Labute approximate surface area is 228 Å². The van der Waals surface area contributed by atoms with Crippen molar-refractivity contribution < 1.29 is 14.0 Å². The molecule has 3 aliphatic rings. The van der Waals surface area contributed by atoms with E-state index in [1.807, 2.05) is 59.3 Å². The Balaban J connectivity index is 1.12. The van der Waals surface area contributed by atoms with Crippen LogP contribution >= 0.6 is 0 Å². The van der Waals surface area contributed by atoms with Crippen LogP contribution in [0.1, 0.15) is 69.1 Å². The number of carbonyl (C=O) groups excluding carboxylic acids is 2. The molecule has 1 aromatic heterocycles. The van der Waals surface area contributed by atoms with Gasteiger partial charge in [-0.3, -0.25) is 14.6 Å². The standard InChI is InChI=1S/C32H33FN4O2/c1-36(25-13-16-37(17-14-25)30-12-15-34-20-28(30)33)32(39)24-9-8-22-10-11-29(27(22)19-24)35-31(38)26-5-3-2-4-23(26)18-21-6-7-21/h2-6,8-9,12,15,19-20,25,29H,7,10-11,13-14,16-18H2,1H3,(H,35,38). The number of hydrogen-bond acceptors (Lipinski definition) is 4. The van der Waals surface area contributed by atoms with Gasteiger partial charge in [0.1, 0.15) is 0 Å². The predicted molar refractivity (Wildman–Crippen MR) is 149 cm³/mol. The molecule has 1 N–H and O–H groups in total. The molecular weight excluding hydrogens is 491 g/mol. The van der Waals surface area contributed by atoms with Crippen LogP contribution in [0.4, 0.5) is 10.1 Å². The van der Waals surface area contributed by atoms with Gasteiger partial charge in [-0.05, 0) is 79.5 Å². The van der Waals surface area contributed by atoms with Gasteiger partial charge in [-0.2, -0.15) is 0 Å². The van der Waals surface area contributed by atoms with Crippen molar-refractivity contribution in [2.45, 2.75) is 50.6 Å². The third-order valence-corrected chi connectivity index (χ3v) is 8.37. The summed E-state index contributed by atoms with van der Waals surface area (Å²) in [6, 6.07) is 15.4. The molecule has 6 rings (SSSR count). The first kappa shape index (κ1) is 25.3. The summed E-state index contributed by atoms with van der Waals surface area (Å²) in [4.78, 5) is 34.5. The zero-order chi connectivity index (χ0) is 26.9. The molecule has 7 heteroatoms. The maximum absolute atomic E-state index is 14.2. The molecule has 1 atom stereocenters. The fourth-order valence-electron chi connectivity index (χ4n) is 5.97. The molecule has 0 bridgehead atoms. The summed E-state index contributed by atoms with van der Waals surface area (Å²) in [6.45, 7) is 1.36. The third kappa shape index (κ3) is 5.31. The summed E-state index contributed by atoms with van der Waals surface area (Å²) in [5, 5.41) is 3.25. The van der Waals surface area contributed by atoms with Gasteiger partial charge >= 0.3 is 0 Å². The van der Waals surface area contributed by atoms with Crippen molar-refractivity contribution in [2.24, 2.45) is 0 Å². The van der Waals surface area contributed by atoms with E-state index in [4.69, 9.17) is 0 Å². The molecule has 0 radical (unpaired) electrons. The Kier molecular flexibility index (Phi) is 6.90. The lowest BCUT2D eigenvalue weighted by Crippen LogP contribution is -2.46. The average Bonchev–Trinajstić information content (AvgIpc) is 3.70. The second kappa shape index (κ2) is 10.6. The number of aromatic nitrogens is 1. The van der Waals surface area contributed by atoms with E-state index in [2.05, 4.69) is 16.4 Å². The first-order chi connectivity index (χ1) is 19.0. The van der Waals surface area contributed by atoms with E-state index in [-0.39, 0.29) is 29.7 Å². The van der Waals surface area contributed by atoms with E-state index in [1.54, 1.807) is 12.3 Å². The van der Waals surface area contributed by atoms with E-state index in [0.29, 0.717) is 24.3 Å². The first-order valence-corrected chi connectivity index (χ1v) is 13.8. The van der Waals surface area contributed by atoms with E-state index >= 15 is 0 Å². The van der Waals surface area contributed by atoms with Gasteiger partial charge in [-0.15, -0.1) is 0 Å². The van der Waals surface area contributed by atoms with Crippen LogP contribution in [0, 0.1) is 5.82 Å². The molecule has 1 saturated heterocycles. The van der Waals surface area contributed by atoms with Gasteiger partial charge in [0.15, 0.2) is 5.82 Å². The molecular formula is C32H33FN4O2. The lowest BCUT2D eigenvalue weighted by molar-refractivity contribution is 0.0709. The minimum absolute atomic E-state index is 0.0219. The molecule has 1 fully saturated rings.